The molecular formula is C21H23NO7S. The summed E-state index contributed by atoms with van der Waals surface area (Å²) in [6.45, 7) is 0.245. The Hall–Kier alpha value is -3.01. The Morgan fingerprint density at radius 2 is 1.70 bits per heavy atom. The van der Waals surface area contributed by atoms with Gasteiger partial charge in [0.05, 0.1) is 11.5 Å². The molecule has 9 heteroatoms. The van der Waals surface area contributed by atoms with E-state index in [4.69, 9.17) is 20.7 Å². The quantitative estimate of drug-likeness (QED) is 0.306. The predicted octanol–water partition coefficient (Wildman–Crippen LogP) is 1.75. The third kappa shape index (κ3) is 8.16. The zero-order chi connectivity index (χ0) is 22.5. The first-order chi connectivity index (χ1) is 14.3. The van der Waals surface area contributed by atoms with Crippen molar-refractivity contribution < 1.29 is 34.1 Å². The minimum Gasteiger partial charge on any atom is -0.480 e. The van der Waals surface area contributed by atoms with Gasteiger partial charge in [0.1, 0.15) is 30.7 Å². The van der Waals surface area contributed by atoms with Gasteiger partial charge in [-0.25, -0.2) is 4.79 Å². The predicted molar refractivity (Wildman–Crippen MR) is 112 cm³/mol. The second-order valence-electron chi connectivity index (χ2n) is 6.01. The molecule has 0 fully saturated rings. The Morgan fingerprint density at radius 3 is 2.17 bits per heavy atom. The third-order valence-electron chi connectivity index (χ3n) is 3.92. The molecule has 0 saturated carbocycles. The minimum atomic E-state index is -1.34. The van der Waals surface area contributed by atoms with Crippen molar-refractivity contribution in [1.29, 1.82) is 0 Å². The van der Waals surface area contributed by atoms with Crippen LogP contribution in [0.5, 0.6) is 0 Å². The number of aliphatic hydroxyl groups excluding tert-OH is 1. The summed E-state index contributed by atoms with van der Waals surface area (Å²) in [6, 6.07) is 14.5. The van der Waals surface area contributed by atoms with E-state index in [9.17, 15) is 19.2 Å². The van der Waals surface area contributed by atoms with Crippen LogP contribution in [0.1, 0.15) is 26.3 Å². The fourth-order valence-corrected chi connectivity index (χ4v) is 2.70. The largest absolute Gasteiger partial charge is 0.480 e. The molecule has 0 aliphatic rings. The lowest BCUT2D eigenvalue weighted by Gasteiger charge is -2.18. The molecule has 8 nitrogen and oxygen atoms in total. The highest BCUT2D eigenvalue weighted by Gasteiger charge is 2.29. The van der Waals surface area contributed by atoms with Gasteiger partial charge in [-0.1, -0.05) is 42.5 Å². The van der Waals surface area contributed by atoms with Crippen molar-refractivity contribution in [2.45, 2.75) is 18.1 Å². The van der Waals surface area contributed by atoms with Gasteiger partial charge in [0.15, 0.2) is 0 Å². The summed E-state index contributed by atoms with van der Waals surface area (Å²) in [5, 5.41) is 17.5. The van der Waals surface area contributed by atoms with Crippen LogP contribution in [0.25, 0.3) is 0 Å². The van der Waals surface area contributed by atoms with Crippen molar-refractivity contribution in [3.63, 3.8) is 0 Å². The van der Waals surface area contributed by atoms with Crippen LogP contribution in [0.15, 0.2) is 54.6 Å². The van der Waals surface area contributed by atoms with Gasteiger partial charge < -0.3 is 25.5 Å². The van der Waals surface area contributed by atoms with Crippen molar-refractivity contribution in [3.05, 3.63) is 71.3 Å². The number of aliphatic hydroxyl groups is 1. The minimum absolute atomic E-state index is 0.245. The lowest BCUT2D eigenvalue weighted by Crippen LogP contribution is -2.43. The summed E-state index contributed by atoms with van der Waals surface area (Å²) in [5.74, 6) is -2.74. The molecule has 0 heterocycles. The number of aldehydes is 2. The molecule has 2 aromatic rings. The van der Waals surface area contributed by atoms with Gasteiger partial charge >= 0.3 is 11.9 Å². The Balaban J connectivity index is 0.000000329. The summed E-state index contributed by atoms with van der Waals surface area (Å²) >= 11 is 0.984. The van der Waals surface area contributed by atoms with Gasteiger partial charge in [0.25, 0.3) is 0 Å². The van der Waals surface area contributed by atoms with E-state index in [1.165, 1.54) is 0 Å². The number of esters is 1. The summed E-state index contributed by atoms with van der Waals surface area (Å²) in [6.07, 6.45) is 2.66. The molecule has 2 rings (SSSR count). The van der Waals surface area contributed by atoms with Crippen molar-refractivity contribution in [1.82, 2.24) is 0 Å². The first kappa shape index (κ1) is 25.0. The molecular weight excluding hydrogens is 410 g/mol. The smallest absolute Gasteiger partial charge is 0.338 e. The average molecular weight is 433 g/mol. The fraction of sp³-hybridized carbons (Fsp3) is 0.238. The normalized spacial score (nSPS) is 13.0. The van der Waals surface area contributed by atoms with Crippen LogP contribution in [0.3, 0.4) is 0 Å². The first-order valence-electron chi connectivity index (χ1n) is 8.74. The number of ether oxygens (including phenoxy) is 1. The summed E-state index contributed by atoms with van der Waals surface area (Å²) < 4.78 is 5.16. The maximum atomic E-state index is 11.7. The first-order valence-corrected chi connectivity index (χ1v) is 10.0. The Labute approximate surface area is 178 Å². The Bertz CT molecular complexity index is 827. The van der Waals surface area contributed by atoms with Gasteiger partial charge in [-0.3, -0.25) is 9.59 Å². The van der Waals surface area contributed by atoms with E-state index in [0.717, 1.165) is 23.6 Å². The van der Waals surface area contributed by atoms with Crippen LogP contribution in [0, 0.1) is 5.92 Å². The highest BCUT2D eigenvalue weighted by molar-refractivity contribution is 7.99. The van der Waals surface area contributed by atoms with Crippen LogP contribution in [-0.4, -0.2) is 52.5 Å². The molecule has 0 aliphatic heterocycles. The lowest BCUT2D eigenvalue weighted by molar-refractivity contribution is -0.142. The maximum absolute atomic E-state index is 11.7. The van der Waals surface area contributed by atoms with E-state index in [-0.39, 0.29) is 6.61 Å². The van der Waals surface area contributed by atoms with E-state index < -0.39 is 29.3 Å². The fourth-order valence-electron chi connectivity index (χ4n) is 2.16. The van der Waals surface area contributed by atoms with Gasteiger partial charge in [0.2, 0.25) is 0 Å². The van der Waals surface area contributed by atoms with Gasteiger partial charge in [-0.15, -0.1) is 11.8 Å². The molecule has 0 radical (unpaired) electrons. The van der Waals surface area contributed by atoms with Crippen molar-refractivity contribution in [2.75, 3.05) is 6.26 Å². The van der Waals surface area contributed by atoms with Crippen LogP contribution in [0.4, 0.5) is 0 Å². The van der Waals surface area contributed by atoms with E-state index in [0.29, 0.717) is 17.4 Å². The summed E-state index contributed by atoms with van der Waals surface area (Å²) in [5.41, 5.74) is 6.00. The van der Waals surface area contributed by atoms with E-state index in [1.807, 2.05) is 30.3 Å². The number of benzene rings is 2. The zero-order valence-electron chi connectivity index (χ0n) is 16.2. The summed E-state index contributed by atoms with van der Waals surface area (Å²) in [7, 11) is 0. The topological polar surface area (TPSA) is 144 Å². The highest BCUT2D eigenvalue weighted by atomic mass is 32.2. The number of aliphatic carboxylic acids is 1. The van der Waals surface area contributed by atoms with E-state index >= 15 is 0 Å². The van der Waals surface area contributed by atoms with Gasteiger partial charge in [0, 0.05) is 5.56 Å². The lowest BCUT2D eigenvalue weighted by atomic mass is 10.0. The van der Waals surface area contributed by atoms with Gasteiger partial charge in [-0.05, 0) is 24.0 Å². The SMILES string of the molecule is CSC(O)C(C=O)[C@H](N)C(=O)O.O=Cc1ccc(C(=O)OCc2ccccc2)cc1. The number of carboxylic acid groups (broad SMARTS) is 1. The number of rotatable bonds is 9. The molecule has 0 aliphatic carbocycles. The van der Waals surface area contributed by atoms with Crippen LogP contribution in [-0.2, 0) is 20.9 Å². The second-order valence-corrected chi connectivity index (χ2v) is 6.96. The number of nitrogens with two attached hydrogens (primary N) is 1. The van der Waals surface area contributed by atoms with E-state index in [2.05, 4.69) is 0 Å². The number of thioether (sulfide) groups is 1. The molecule has 30 heavy (non-hydrogen) atoms. The van der Waals surface area contributed by atoms with Gasteiger partial charge in [-0.2, -0.15) is 0 Å². The number of carboxylic acids is 1. The van der Waals surface area contributed by atoms with Crippen molar-refractivity contribution in [3.8, 4) is 0 Å². The number of carbonyl (C=O) groups is 4. The second kappa shape index (κ2) is 13.3. The molecule has 3 atom stereocenters. The number of carbonyl (C=O) groups excluding carboxylic acids is 3. The average Bonchev–Trinajstić information content (AvgIpc) is 2.78. The monoisotopic (exact) mass is 433 g/mol. The van der Waals surface area contributed by atoms with Crippen molar-refractivity contribution in [2.24, 2.45) is 11.7 Å². The molecule has 4 N–H and O–H groups in total. The zero-order valence-corrected chi connectivity index (χ0v) is 17.0. The van der Waals surface area contributed by atoms with E-state index in [1.54, 1.807) is 30.5 Å². The molecule has 0 aromatic heterocycles. The molecule has 0 bridgehead atoms. The number of hydrogen-bond donors (Lipinski definition) is 3. The molecule has 0 spiro atoms. The molecule has 2 unspecified atom stereocenters. The highest BCUT2D eigenvalue weighted by Crippen LogP contribution is 2.15. The molecule has 0 saturated heterocycles. The number of hydrogen-bond acceptors (Lipinski definition) is 8. The summed E-state index contributed by atoms with van der Waals surface area (Å²) in [4.78, 5) is 42.8. The standard InChI is InChI=1S/C15H12O3.C6H11NO4S/c16-10-12-6-8-14(9-7-12)15(17)18-11-13-4-2-1-3-5-13;1-12-6(11)3(2-8)4(7)5(9)10/h1-10H,11H2;2-4,6,11H,7H2,1H3,(H,9,10)/t;3?,4-,6?/m.0/s1. The van der Waals surface area contributed by atoms with Crippen molar-refractivity contribution >= 4 is 36.3 Å². The van der Waals surface area contributed by atoms with Crippen LogP contribution < -0.4 is 5.73 Å². The maximum Gasteiger partial charge on any atom is 0.338 e. The van der Waals surface area contributed by atoms with Crippen LogP contribution in [0.2, 0.25) is 0 Å². The molecule has 160 valence electrons. The molecule has 2 aromatic carbocycles. The molecule has 0 amide bonds. The third-order valence-corrected chi connectivity index (χ3v) is 4.72. The van der Waals surface area contributed by atoms with Crippen LogP contribution >= 0.6 is 11.8 Å². The Morgan fingerprint density at radius 1 is 1.10 bits per heavy atom. The Kier molecular flexibility index (Phi) is 11.1.